The summed E-state index contributed by atoms with van der Waals surface area (Å²) in [5, 5.41) is 5.84. The van der Waals surface area contributed by atoms with E-state index in [-0.39, 0.29) is 17.6 Å². The third kappa shape index (κ3) is 6.17. The molecular weight excluding hydrogens is 322 g/mol. The van der Waals surface area contributed by atoms with Crippen LogP contribution in [0.3, 0.4) is 0 Å². The van der Waals surface area contributed by atoms with Gasteiger partial charge in [-0.05, 0) is 50.6 Å². The van der Waals surface area contributed by atoms with Gasteiger partial charge in [0.25, 0.3) is 0 Å². The van der Waals surface area contributed by atoms with E-state index < -0.39 is 0 Å². The summed E-state index contributed by atoms with van der Waals surface area (Å²) in [5.74, 6) is 0.532. The van der Waals surface area contributed by atoms with Gasteiger partial charge in [0.05, 0.1) is 11.5 Å². The van der Waals surface area contributed by atoms with Gasteiger partial charge < -0.3 is 10.6 Å². The van der Waals surface area contributed by atoms with Gasteiger partial charge in [0.2, 0.25) is 11.8 Å². The molecule has 1 aromatic carbocycles. The maximum atomic E-state index is 11.9. The molecule has 0 radical (unpaired) electrons. The van der Waals surface area contributed by atoms with Crippen molar-refractivity contribution >= 4 is 29.3 Å². The molecular formula is C18H27N3O2S. The number of carbonyl (C=O) groups excluding carboxylic acids is 2. The lowest BCUT2D eigenvalue weighted by Crippen LogP contribution is -2.40. The molecule has 0 bridgehead atoms. The van der Waals surface area contributed by atoms with E-state index in [4.69, 9.17) is 0 Å². The van der Waals surface area contributed by atoms with Crippen molar-refractivity contribution in [1.29, 1.82) is 0 Å². The molecule has 132 valence electrons. The van der Waals surface area contributed by atoms with Crippen LogP contribution in [-0.4, -0.2) is 53.9 Å². The Morgan fingerprint density at radius 2 is 2.08 bits per heavy atom. The first kappa shape index (κ1) is 18.8. The number of likely N-dealkylation sites (N-methyl/N-ethyl adjacent to an activating group) is 1. The minimum Gasteiger partial charge on any atom is -0.354 e. The first-order valence-electron chi connectivity index (χ1n) is 8.53. The lowest BCUT2D eigenvalue weighted by atomic mass is 10.2. The van der Waals surface area contributed by atoms with Gasteiger partial charge in [0.1, 0.15) is 0 Å². The van der Waals surface area contributed by atoms with Crippen molar-refractivity contribution in [2.45, 2.75) is 32.7 Å². The van der Waals surface area contributed by atoms with Gasteiger partial charge in [-0.2, -0.15) is 0 Å². The lowest BCUT2D eigenvalue weighted by molar-refractivity contribution is -0.118. The molecule has 0 saturated carbocycles. The van der Waals surface area contributed by atoms with Crippen LogP contribution in [0.5, 0.6) is 0 Å². The summed E-state index contributed by atoms with van der Waals surface area (Å²) in [7, 11) is 0. The number of hydrogen-bond donors (Lipinski definition) is 2. The van der Waals surface area contributed by atoms with Gasteiger partial charge in [-0.1, -0.05) is 19.1 Å². The van der Waals surface area contributed by atoms with E-state index in [1.54, 1.807) is 0 Å². The number of anilines is 1. The first-order chi connectivity index (χ1) is 11.6. The van der Waals surface area contributed by atoms with E-state index in [2.05, 4.69) is 22.5 Å². The summed E-state index contributed by atoms with van der Waals surface area (Å²) in [6.07, 6.45) is 2.36. The van der Waals surface area contributed by atoms with Crippen LogP contribution >= 0.6 is 11.8 Å². The number of aryl methyl sites for hydroxylation is 1. The second kappa shape index (κ2) is 9.69. The number of nitrogens with one attached hydrogen (secondary N) is 2. The van der Waals surface area contributed by atoms with Crippen molar-refractivity contribution in [2.24, 2.45) is 0 Å². The number of carbonyl (C=O) groups is 2. The Bertz CT molecular complexity index is 565. The smallest absolute Gasteiger partial charge is 0.234 e. The fourth-order valence-corrected chi connectivity index (χ4v) is 3.63. The molecule has 0 aliphatic carbocycles. The van der Waals surface area contributed by atoms with Crippen LogP contribution in [0.15, 0.2) is 24.3 Å². The molecule has 1 atom stereocenters. The van der Waals surface area contributed by atoms with Crippen molar-refractivity contribution in [3.05, 3.63) is 29.8 Å². The number of benzene rings is 1. The molecule has 1 fully saturated rings. The number of thioether (sulfide) groups is 1. The number of likely N-dealkylation sites (tertiary alicyclic amines) is 1. The Morgan fingerprint density at radius 1 is 1.29 bits per heavy atom. The lowest BCUT2D eigenvalue weighted by Gasteiger charge is -2.22. The normalized spacial score (nSPS) is 17.7. The van der Waals surface area contributed by atoms with Gasteiger partial charge in [-0.15, -0.1) is 11.8 Å². The zero-order chi connectivity index (χ0) is 17.4. The highest BCUT2D eigenvalue weighted by Crippen LogP contribution is 2.15. The van der Waals surface area contributed by atoms with Crippen LogP contribution < -0.4 is 10.6 Å². The molecule has 1 unspecified atom stereocenters. The van der Waals surface area contributed by atoms with Crippen molar-refractivity contribution in [3.8, 4) is 0 Å². The predicted octanol–water partition coefficient (Wildman–Crippen LogP) is 2.27. The molecule has 2 rings (SSSR count). The predicted molar refractivity (Wildman–Crippen MR) is 100 cm³/mol. The van der Waals surface area contributed by atoms with Gasteiger partial charge >= 0.3 is 0 Å². The minimum atomic E-state index is -0.0775. The second-order valence-corrected chi connectivity index (χ2v) is 7.12. The SMILES string of the molecule is CCN1CCCC1CNC(=O)CSCC(=O)Nc1cccc(C)c1. The van der Waals surface area contributed by atoms with Gasteiger partial charge in [-0.3, -0.25) is 14.5 Å². The highest BCUT2D eigenvalue weighted by molar-refractivity contribution is 8.00. The van der Waals surface area contributed by atoms with Crippen LogP contribution in [-0.2, 0) is 9.59 Å². The average molecular weight is 350 g/mol. The third-order valence-electron chi connectivity index (χ3n) is 4.21. The van der Waals surface area contributed by atoms with Crippen LogP contribution in [0.1, 0.15) is 25.3 Å². The Labute approximate surface area is 148 Å². The number of hydrogen-bond acceptors (Lipinski definition) is 4. The summed E-state index contributed by atoms with van der Waals surface area (Å²) in [6.45, 7) is 7.02. The van der Waals surface area contributed by atoms with Crippen LogP contribution in [0.4, 0.5) is 5.69 Å². The van der Waals surface area contributed by atoms with E-state index in [0.29, 0.717) is 18.3 Å². The minimum absolute atomic E-state index is 0.00584. The zero-order valence-corrected chi connectivity index (χ0v) is 15.3. The summed E-state index contributed by atoms with van der Waals surface area (Å²) in [4.78, 5) is 26.2. The van der Waals surface area contributed by atoms with Crippen LogP contribution in [0.25, 0.3) is 0 Å². The Morgan fingerprint density at radius 3 is 2.83 bits per heavy atom. The zero-order valence-electron chi connectivity index (χ0n) is 14.5. The van der Waals surface area contributed by atoms with Crippen molar-refractivity contribution in [1.82, 2.24) is 10.2 Å². The average Bonchev–Trinajstić information content (AvgIpc) is 3.00. The molecule has 1 aliphatic rings. The number of amides is 2. The fraction of sp³-hybridized carbons (Fsp3) is 0.556. The van der Waals surface area contributed by atoms with Gasteiger partial charge in [0.15, 0.2) is 0 Å². The summed E-state index contributed by atoms with van der Waals surface area (Å²) < 4.78 is 0. The molecule has 5 nitrogen and oxygen atoms in total. The molecule has 0 spiro atoms. The Balaban J connectivity index is 1.61. The molecule has 2 amide bonds. The monoisotopic (exact) mass is 349 g/mol. The topological polar surface area (TPSA) is 61.4 Å². The second-order valence-electron chi connectivity index (χ2n) is 6.14. The van der Waals surface area contributed by atoms with Crippen LogP contribution in [0, 0.1) is 6.92 Å². The van der Waals surface area contributed by atoms with E-state index in [1.165, 1.54) is 18.2 Å². The van der Waals surface area contributed by atoms with Crippen molar-refractivity contribution < 1.29 is 9.59 Å². The van der Waals surface area contributed by atoms with E-state index >= 15 is 0 Å². The first-order valence-corrected chi connectivity index (χ1v) is 9.69. The molecule has 2 N–H and O–H groups in total. The van der Waals surface area contributed by atoms with Crippen molar-refractivity contribution in [3.63, 3.8) is 0 Å². The molecule has 0 aromatic heterocycles. The molecule has 1 saturated heterocycles. The summed E-state index contributed by atoms with van der Waals surface area (Å²) in [5.41, 5.74) is 1.90. The maximum absolute atomic E-state index is 11.9. The summed E-state index contributed by atoms with van der Waals surface area (Å²) in [6, 6.07) is 8.15. The fourth-order valence-electron chi connectivity index (χ4n) is 2.98. The number of rotatable bonds is 8. The van der Waals surface area contributed by atoms with E-state index in [1.807, 2.05) is 31.2 Å². The van der Waals surface area contributed by atoms with E-state index in [0.717, 1.165) is 30.8 Å². The molecule has 1 heterocycles. The third-order valence-corrected chi connectivity index (χ3v) is 5.14. The summed E-state index contributed by atoms with van der Waals surface area (Å²) >= 11 is 1.34. The Kier molecular flexibility index (Phi) is 7.59. The Hall–Kier alpha value is -1.53. The van der Waals surface area contributed by atoms with Gasteiger partial charge in [-0.25, -0.2) is 0 Å². The van der Waals surface area contributed by atoms with E-state index in [9.17, 15) is 9.59 Å². The quantitative estimate of drug-likeness (QED) is 0.756. The van der Waals surface area contributed by atoms with Crippen molar-refractivity contribution in [2.75, 3.05) is 36.5 Å². The van der Waals surface area contributed by atoms with Crippen LogP contribution in [0.2, 0.25) is 0 Å². The highest BCUT2D eigenvalue weighted by Gasteiger charge is 2.22. The number of nitrogens with zero attached hydrogens (tertiary/aromatic N) is 1. The molecule has 1 aliphatic heterocycles. The molecule has 1 aromatic rings. The molecule has 6 heteroatoms. The standard InChI is InChI=1S/C18H27N3O2S/c1-3-21-9-5-8-16(21)11-19-17(22)12-24-13-18(23)20-15-7-4-6-14(2)10-15/h4,6-7,10,16H,3,5,8-9,11-13H2,1-2H3,(H,19,22)(H,20,23). The van der Waals surface area contributed by atoms with Gasteiger partial charge in [0, 0.05) is 18.3 Å². The largest absolute Gasteiger partial charge is 0.354 e. The molecule has 24 heavy (non-hydrogen) atoms. The highest BCUT2D eigenvalue weighted by atomic mass is 32.2. The maximum Gasteiger partial charge on any atom is 0.234 e.